The van der Waals surface area contributed by atoms with Crippen molar-refractivity contribution in [2.24, 2.45) is 7.05 Å². The number of hydrogen-bond donors (Lipinski definition) is 0. The predicted molar refractivity (Wildman–Crippen MR) is 163 cm³/mol. The van der Waals surface area contributed by atoms with Crippen molar-refractivity contribution >= 4 is 0 Å². The van der Waals surface area contributed by atoms with Crippen molar-refractivity contribution < 1.29 is 4.57 Å². The molecule has 0 spiro atoms. The minimum Gasteiger partial charge on any atom is -0.201 e. The molecular weight excluding hydrogens is 458 g/mol. The Hall–Kier alpha value is -2.41. The maximum Gasteiger partial charge on any atom is 0.212 e. The molecule has 0 aliphatic heterocycles. The standard InChI is InChI=1S/C37H50N/c1-23-14-15-24(18-26(23)29-19-25(33(2,3)4)16-17-38(29)13)30-31-27(34(5,6)21-36(31,9)10)20-28-32(30)37(11,12)22-35(28,7)8/h14-20H,21-22H2,1-13H3/q+1. The summed E-state index contributed by atoms with van der Waals surface area (Å²) in [5, 5.41) is 0. The lowest BCUT2D eigenvalue weighted by Gasteiger charge is -2.30. The molecule has 0 bridgehead atoms. The molecule has 0 N–H and O–H groups in total. The van der Waals surface area contributed by atoms with Crippen molar-refractivity contribution in [2.75, 3.05) is 0 Å². The molecule has 0 unspecified atom stereocenters. The minimum absolute atomic E-state index is 0.112. The van der Waals surface area contributed by atoms with Gasteiger partial charge in [-0.05, 0) is 97.4 Å². The van der Waals surface area contributed by atoms with Gasteiger partial charge in [-0.25, -0.2) is 4.57 Å². The highest BCUT2D eigenvalue weighted by molar-refractivity contribution is 5.83. The first kappa shape index (κ1) is 27.2. The SMILES string of the molecule is Cc1ccc(-c2c3c(cc4c2C(C)(C)CC4(C)C)C(C)(C)CC3(C)C)cc1-c1cc(C(C)(C)C)cc[n+]1C. The van der Waals surface area contributed by atoms with Crippen LogP contribution in [-0.2, 0) is 34.1 Å². The molecule has 3 aromatic rings. The zero-order valence-corrected chi connectivity index (χ0v) is 26.4. The monoisotopic (exact) mass is 508 g/mol. The van der Waals surface area contributed by atoms with E-state index >= 15 is 0 Å². The highest BCUT2D eigenvalue weighted by atomic mass is 14.9. The molecule has 2 aliphatic rings. The van der Waals surface area contributed by atoms with Crippen LogP contribution in [0.25, 0.3) is 22.4 Å². The van der Waals surface area contributed by atoms with E-state index in [0.29, 0.717) is 0 Å². The number of benzene rings is 2. The number of aromatic nitrogens is 1. The average molecular weight is 509 g/mol. The lowest BCUT2D eigenvalue weighted by Crippen LogP contribution is -2.32. The van der Waals surface area contributed by atoms with E-state index in [9.17, 15) is 0 Å². The molecule has 0 fully saturated rings. The average Bonchev–Trinajstić information content (AvgIpc) is 3.07. The summed E-state index contributed by atoms with van der Waals surface area (Å²) in [6.45, 7) is 28.9. The number of hydrogen-bond acceptors (Lipinski definition) is 0. The van der Waals surface area contributed by atoms with Crippen LogP contribution in [0.5, 0.6) is 0 Å². The van der Waals surface area contributed by atoms with Gasteiger partial charge in [-0.15, -0.1) is 0 Å². The van der Waals surface area contributed by atoms with Gasteiger partial charge in [0.2, 0.25) is 5.69 Å². The summed E-state index contributed by atoms with van der Waals surface area (Å²) in [4.78, 5) is 0. The van der Waals surface area contributed by atoms with Crippen LogP contribution in [0, 0.1) is 6.92 Å². The van der Waals surface area contributed by atoms with Crippen molar-refractivity contribution in [1.82, 2.24) is 0 Å². The second-order valence-electron chi connectivity index (χ2n) is 16.2. The topological polar surface area (TPSA) is 3.88 Å². The van der Waals surface area contributed by atoms with Crippen LogP contribution in [0.3, 0.4) is 0 Å². The fraction of sp³-hybridized carbons (Fsp3) is 0.541. The van der Waals surface area contributed by atoms with Crippen molar-refractivity contribution in [3.8, 4) is 22.4 Å². The van der Waals surface area contributed by atoms with Gasteiger partial charge >= 0.3 is 0 Å². The Kier molecular flexibility index (Phi) is 5.76. The van der Waals surface area contributed by atoms with E-state index in [4.69, 9.17) is 0 Å². The van der Waals surface area contributed by atoms with Gasteiger partial charge in [-0.3, -0.25) is 0 Å². The Morgan fingerprint density at radius 3 is 1.71 bits per heavy atom. The first-order valence-electron chi connectivity index (χ1n) is 14.6. The van der Waals surface area contributed by atoms with Gasteiger partial charge in [-0.1, -0.05) is 94.4 Å². The fourth-order valence-corrected chi connectivity index (χ4v) is 8.38. The zero-order valence-electron chi connectivity index (χ0n) is 26.4. The molecule has 0 radical (unpaired) electrons. The fourth-order valence-electron chi connectivity index (χ4n) is 8.38. The first-order chi connectivity index (χ1) is 17.3. The summed E-state index contributed by atoms with van der Waals surface area (Å²) in [5.74, 6) is 0. The highest BCUT2D eigenvalue weighted by Gasteiger charge is 2.50. The molecule has 1 heterocycles. The predicted octanol–water partition coefficient (Wildman–Crippen LogP) is 9.37. The van der Waals surface area contributed by atoms with Gasteiger partial charge < -0.3 is 0 Å². The lowest BCUT2D eigenvalue weighted by atomic mass is 9.74. The molecule has 0 amide bonds. The van der Waals surface area contributed by atoms with Crippen LogP contribution in [0.2, 0.25) is 0 Å². The van der Waals surface area contributed by atoms with Crippen molar-refractivity contribution in [3.63, 3.8) is 0 Å². The summed E-state index contributed by atoms with van der Waals surface area (Å²) >= 11 is 0. The van der Waals surface area contributed by atoms with E-state index in [0.717, 1.165) is 0 Å². The minimum atomic E-state index is 0.112. The summed E-state index contributed by atoms with van der Waals surface area (Å²) in [7, 11) is 2.18. The van der Waals surface area contributed by atoms with E-state index in [1.807, 2.05) is 0 Å². The molecular formula is C37H50N+. The highest BCUT2D eigenvalue weighted by Crippen LogP contribution is 2.60. The maximum atomic E-state index is 2.62. The van der Waals surface area contributed by atoms with Gasteiger partial charge in [0.25, 0.3) is 0 Å². The van der Waals surface area contributed by atoms with Crippen LogP contribution < -0.4 is 4.57 Å². The molecule has 2 aromatic carbocycles. The van der Waals surface area contributed by atoms with Crippen LogP contribution in [-0.4, -0.2) is 0 Å². The Morgan fingerprint density at radius 2 is 1.21 bits per heavy atom. The molecule has 0 atom stereocenters. The largest absolute Gasteiger partial charge is 0.212 e. The molecule has 1 nitrogen and oxygen atoms in total. The number of nitrogens with zero attached hydrogens (tertiary/aromatic N) is 1. The molecule has 38 heavy (non-hydrogen) atoms. The molecule has 1 heteroatoms. The third-order valence-corrected chi connectivity index (χ3v) is 9.73. The van der Waals surface area contributed by atoms with Gasteiger partial charge in [0.05, 0.1) is 0 Å². The van der Waals surface area contributed by atoms with Gasteiger partial charge in [-0.2, -0.15) is 0 Å². The normalized spacial score (nSPS) is 20.3. The van der Waals surface area contributed by atoms with E-state index in [-0.39, 0.29) is 27.1 Å². The summed E-state index contributed by atoms with van der Waals surface area (Å²) < 4.78 is 2.29. The molecule has 1 aromatic heterocycles. The zero-order chi connectivity index (χ0) is 28.2. The first-order valence-corrected chi connectivity index (χ1v) is 14.6. The Bertz CT molecular complexity index is 1400. The number of pyridine rings is 1. The third-order valence-electron chi connectivity index (χ3n) is 9.73. The van der Waals surface area contributed by atoms with Crippen LogP contribution in [0.4, 0.5) is 0 Å². The maximum absolute atomic E-state index is 2.62. The molecule has 202 valence electrons. The lowest BCUT2D eigenvalue weighted by molar-refractivity contribution is -0.660. The van der Waals surface area contributed by atoms with Crippen molar-refractivity contribution in [1.29, 1.82) is 0 Å². The number of rotatable bonds is 2. The number of fused-ring (bicyclic) bond motifs is 2. The van der Waals surface area contributed by atoms with E-state index < -0.39 is 0 Å². The van der Waals surface area contributed by atoms with E-state index in [1.54, 1.807) is 22.3 Å². The number of aryl methyl sites for hydroxylation is 2. The quantitative estimate of drug-likeness (QED) is 0.304. The Balaban J connectivity index is 1.87. The molecule has 2 aliphatic carbocycles. The van der Waals surface area contributed by atoms with Crippen LogP contribution >= 0.6 is 0 Å². The van der Waals surface area contributed by atoms with Gasteiger partial charge in [0.15, 0.2) is 6.20 Å². The van der Waals surface area contributed by atoms with Crippen LogP contribution in [0.1, 0.15) is 122 Å². The molecule has 5 rings (SSSR count). The van der Waals surface area contributed by atoms with E-state index in [1.165, 1.54) is 46.4 Å². The van der Waals surface area contributed by atoms with Crippen molar-refractivity contribution in [3.05, 3.63) is 76.0 Å². The summed E-state index contributed by atoms with van der Waals surface area (Å²) in [5.41, 5.74) is 15.3. The molecule has 0 saturated carbocycles. The smallest absolute Gasteiger partial charge is 0.201 e. The summed E-state index contributed by atoms with van der Waals surface area (Å²) in [6.07, 6.45) is 4.61. The van der Waals surface area contributed by atoms with E-state index in [2.05, 4.69) is 137 Å². The van der Waals surface area contributed by atoms with Crippen molar-refractivity contribution in [2.45, 2.75) is 123 Å². The second-order valence-corrected chi connectivity index (χ2v) is 16.2. The van der Waals surface area contributed by atoms with Gasteiger partial charge in [0, 0.05) is 17.7 Å². The second kappa shape index (κ2) is 8.06. The Labute approximate surface area is 232 Å². The molecule has 0 saturated heterocycles. The third kappa shape index (κ3) is 4.07. The van der Waals surface area contributed by atoms with Gasteiger partial charge in [0.1, 0.15) is 7.05 Å². The summed E-state index contributed by atoms with van der Waals surface area (Å²) in [6, 6.07) is 14.6. The van der Waals surface area contributed by atoms with Crippen LogP contribution in [0.15, 0.2) is 42.6 Å². The Morgan fingerprint density at radius 1 is 0.684 bits per heavy atom.